The van der Waals surface area contributed by atoms with Crippen molar-refractivity contribution in [1.82, 2.24) is 4.90 Å². The Kier molecular flexibility index (Phi) is 3.50. The minimum atomic E-state index is -0.836. The molecule has 1 aliphatic heterocycles. The number of carbonyl (C=O) groups is 2. The zero-order valence-electron chi connectivity index (χ0n) is 9.87. The number of para-hydroxylation sites is 1. The number of aromatic hydroxyl groups is 1. The second-order valence-corrected chi connectivity index (χ2v) is 4.52. The van der Waals surface area contributed by atoms with E-state index in [1.165, 1.54) is 6.07 Å². The second kappa shape index (κ2) is 5.08. The van der Waals surface area contributed by atoms with Crippen LogP contribution in [0.4, 0.5) is 0 Å². The Bertz CT molecular complexity index is 472. The molecule has 2 N–H and O–H groups in total. The molecule has 1 saturated heterocycles. The Balaban J connectivity index is 2.04. The number of rotatable bonds is 3. The molecule has 0 aromatic heterocycles. The minimum absolute atomic E-state index is 0.0114. The van der Waals surface area contributed by atoms with Crippen molar-refractivity contribution in [2.24, 2.45) is 5.92 Å². The zero-order chi connectivity index (χ0) is 13.1. The topological polar surface area (TPSA) is 77.8 Å². The SMILES string of the molecule is O=C(O)CC1CCN(C(=O)c2ccccc2O)C1. The molecule has 1 aliphatic rings. The third-order valence-electron chi connectivity index (χ3n) is 3.17. The number of nitrogens with zero attached hydrogens (tertiary/aromatic N) is 1. The smallest absolute Gasteiger partial charge is 0.303 e. The van der Waals surface area contributed by atoms with Gasteiger partial charge >= 0.3 is 5.97 Å². The predicted octanol–water partition coefficient (Wildman–Crippen LogP) is 1.33. The Morgan fingerprint density at radius 1 is 1.33 bits per heavy atom. The van der Waals surface area contributed by atoms with Crippen LogP contribution in [-0.2, 0) is 4.79 Å². The van der Waals surface area contributed by atoms with E-state index in [1.54, 1.807) is 23.1 Å². The van der Waals surface area contributed by atoms with Crippen LogP contribution in [0.2, 0.25) is 0 Å². The first-order valence-corrected chi connectivity index (χ1v) is 5.87. The van der Waals surface area contributed by atoms with Crippen LogP contribution < -0.4 is 0 Å². The molecular weight excluding hydrogens is 234 g/mol. The summed E-state index contributed by atoms with van der Waals surface area (Å²) in [5.74, 6) is -1.10. The van der Waals surface area contributed by atoms with Crippen molar-refractivity contribution < 1.29 is 19.8 Å². The van der Waals surface area contributed by atoms with E-state index in [1.807, 2.05) is 0 Å². The van der Waals surface area contributed by atoms with E-state index < -0.39 is 5.97 Å². The van der Waals surface area contributed by atoms with Gasteiger partial charge in [-0.15, -0.1) is 0 Å². The van der Waals surface area contributed by atoms with Crippen LogP contribution in [0.5, 0.6) is 5.75 Å². The Hall–Kier alpha value is -2.04. The molecule has 1 aromatic carbocycles. The van der Waals surface area contributed by atoms with E-state index >= 15 is 0 Å². The molecule has 2 rings (SSSR count). The molecule has 1 atom stereocenters. The third-order valence-corrected chi connectivity index (χ3v) is 3.17. The van der Waals surface area contributed by atoms with Gasteiger partial charge in [0.2, 0.25) is 0 Å². The fourth-order valence-electron chi connectivity index (χ4n) is 2.26. The highest BCUT2D eigenvalue weighted by molar-refractivity contribution is 5.97. The number of phenols is 1. The molecule has 0 bridgehead atoms. The quantitative estimate of drug-likeness (QED) is 0.847. The molecule has 1 amide bonds. The van der Waals surface area contributed by atoms with Gasteiger partial charge in [0.25, 0.3) is 5.91 Å². The van der Waals surface area contributed by atoms with Gasteiger partial charge < -0.3 is 15.1 Å². The Labute approximate surface area is 105 Å². The lowest BCUT2D eigenvalue weighted by Crippen LogP contribution is -2.29. The molecule has 5 nitrogen and oxygen atoms in total. The van der Waals surface area contributed by atoms with Gasteiger partial charge in [-0.2, -0.15) is 0 Å². The second-order valence-electron chi connectivity index (χ2n) is 4.52. The Morgan fingerprint density at radius 2 is 2.06 bits per heavy atom. The highest BCUT2D eigenvalue weighted by Crippen LogP contribution is 2.24. The lowest BCUT2D eigenvalue weighted by molar-refractivity contribution is -0.138. The highest BCUT2D eigenvalue weighted by Gasteiger charge is 2.29. The molecule has 1 unspecified atom stereocenters. The van der Waals surface area contributed by atoms with Crippen LogP contribution in [0.3, 0.4) is 0 Å². The van der Waals surface area contributed by atoms with Crippen molar-refractivity contribution in [2.45, 2.75) is 12.8 Å². The average Bonchev–Trinajstić information content (AvgIpc) is 2.76. The van der Waals surface area contributed by atoms with Crippen LogP contribution in [0.1, 0.15) is 23.2 Å². The van der Waals surface area contributed by atoms with E-state index in [0.29, 0.717) is 19.5 Å². The third kappa shape index (κ3) is 2.61. The normalized spacial score (nSPS) is 18.9. The van der Waals surface area contributed by atoms with Gasteiger partial charge in [0.15, 0.2) is 0 Å². The van der Waals surface area contributed by atoms with Crippen molar-refractivity contribution in [3.63, 3.8) is 0 Å². The van der Waals surface area contributed by atoms with E-state index in [9.17, 15) is 14.7 Å². The van der Waals surface area contributed by atoms with Gasteiger partial charge in [-0.1, -0.05) is 12.1 Å². The van der Waals surface area contributed by atoms with Gasteiger partial charge in [-0.3, -0.25) is 9.59 Å². The average molecular weight is 249 g/mol. The van der Waals surface area contributed by atoms with Gasteiger partial charge in [-0.05, 0) is 24.5 Å². The number of carbonyl (C=O) groups excluding carboxylic acids is 1. The number of hydrogen-bond acceptors (Lipinski definition) is 3. The maximum absolute atomic E-state index is 12.1. The molecule has 1 fully saturated rings. The zero-order valence-corrected chi connectivity index (χ0v) is 9.87. The van der Waals surface area contributed by atoms with E-state index in [-0.39, 0.29) is 29.6 Å². The van der Waals surface area contributed by atoms with Crippen LogP contribution in [0.15, 0.2) is 24.3 Å². The number of phenolic OH excluding ortho intramolecular Hbond substituents is 1. The van der Waals surface area contributed by atoms with Crippen LogP contribution in [-0.4, -0.2) is 40.1 Å². The predicted molar refractivity (Wildman–Crippen MR) is 64.4 cm³/mol. The first-order valence-electron chi connectivity index (χ1n) is 5.87. The van der Waals surface area contributed by atoms with E-state index in [0.717, 1.165) is 0 Å². The number of amides is 1. The van der Waals surface area contributed by atoms with Gasteiger partial charge in [0.1, 0.15) is 5.75 Å². The first kappa shape index (κ1) is 12.4. The van der Waals surface area contributed by atoms with E-state index in [4.69, 9.17) is 5.11 Å². The summed E-state index contributed by atoms with van der Waals surface area (Å²) in [5, 5.41) is 18.3. The summed E-state index contributed by atoms with van der Waals surface area (Å²) in [7, 11) is 0. The highest BCUT2D eigenvalue weighted by atomic mass is 16.4. The van der Waals surface area contributed by atoms with Gasteiger partial charge in [0, 0.05) is 19.5 Å². The largest absolute Gasteiger partial charge is 0.507 e. The molecule has 18 heavy (non-hydrogen) atoms. The Morgan fingerprint density at radius 3 is 2.72 bits per heavy atom. The van der Waals surface area contributed by atoms with Crippen molar-refractivity contribution in [3.8, 4) is 5.75 Å². The van der Waals surface area contributed by atoms with Crippen LogP contribution in [0, 0.1) is 5.92 Å². The maximum atomic E-state index is 12.1. The molecule has 96 valence electrons. The number of aliphatic carboxylic acids is 1. The summed E-state index contributed by atoms with van der Waals surface area (Å²) in [6.07, 6.45) is 0.788. The first-order chi connectivity index (χ1) is 8.58. The monoisotopic (exact) mass is 249 g/mol. The van der Waals surface area contributed by atoms with Crippen LogP contribution in [0.25, 0.3) is 0 Å². The van der Waals surface area contributed by atoms with E-state index in [2.05, 4.69) is 0 Å². The number of carboxylic acids is 1. The number of benzene rings is 1. The fourth-order valence-corrected chi connectivity index (χ4v) is 2.26. The van der Waals surface area contributed by atoms with Crippen molar-refractivity contribution in [1.29, 1.82) is 0 Å². The molecule has 5 heteroatoms. The number of hydrogen-bond donors (Lipinski definition) is 2. The maximum Gasteiger partial charge on any atom is 0.303 e. The van der Waals surface area contributed by atoms with Crippen LogP contribution >= 0.6 is 0 Å². The lowest BCUT2D eigenvalue weighted by Gasteiger charge is -2.16. The number of carboxylic acid groups (broad SMARTS) is 1. The number of likely N-dealkylation sites (tertiary alicyclic amines) is 1. The van der Waals surface area contributed by atoms with Gasteiger partial charge in [-0.25, -0.2) is 0 Å². The molecule has 1 aromatic rings. The lowest BCUT2D eigenvalue weighted by atomic mass is 10.1. The summed E-state index contributed by atoms with van der Waals surface area (Å²) < 4.78 is 0. The molecule has 0 saturated carbocycles. The molecule has 1 heterocycles. The van der Waals surface area contributed by atoms with Crippen molar-refractivity contribution in [2.75, 3.05) is 13.1 Å². The van der Waals surface area contributed by atoms with Crippen molar-refractivity contribution in [3.05, 3.63) is 29.8 Å². The van der Waals surface area contributed by atoms with Gasteiger partial charge in [0.05, 0.1) is 5.56 Å². The minimum Gasteiger partial charge on any atom is -0.507 e. The molecular formula is C13H15NO4. The molecule has 0 radical (unpaired) electrons. The summed E-state index contributed by atoms with van der Waals surface area (Å²) in [5.41, 5.74) is 0.272. The molecule has 0 aliphatic carbocycles. The summed E-state index contributed by atoms with van der Waals surface area (Å²) >= 11 is 0. The van der Waals surface area contributed by atoms with Crippen molar-refractivity contribution >= 4 is 11.9 Å². The molecule has 0 spiro atoms. The fraction of sp³-hybridized carbons (Fsp3) is 0.385. The summed E-state index contributed by atoms with van der Waals surface area (Å²) in [4.78, 5) is 24.3. The summed E-state index contributed by atoms with van der Waals surface area (Å²) in [6, 6.07) is 6.39. The summed E-state index contributed by atoms with van der Waals surface area (Å²) in [6.45, 7) is 0.991. The standard InChI is InChI=1S/C13H15NO4/c15-11-4-2-1-3-10(11)13(18)14-6-5-9(8-14)7-12(16)17/h1-4,9,15H,5-8H2,(H,16,17).